The van der Waals surface area contributed by atoms with Crippen molar-refractivity contribution in [3.63, 3.8) is 0 Å². The number of nitrogens with zero attached hydrogens (tertiary/aromatic N) is 2. The van der Waals surface area contributed by atoms with Gasteiger partial charge in [-0.2, -0.15) is 5.10 Å². The van der Waals surface area contributed by atoms with E-state index in [-0.39, 0.29) is 54.2 Å². The molecule has 2 saturated carbocycles. The summed E-state index contributed by atoms with van der Waals surface area (Å²) in [6, 6.07) is -0.0127. The van der Waals surface area contributed by atoms with E-state index in [9.17, 15) is 9.59 Å². The van der Waals surface area contributed by atoms with Crippen molar-refractivity contribution in [3.8, 4) is 0 Å². The van der Waals surface area contributed by atoms with Crippen molar-refractivity contribution in [1.29, 1.82) is 0 Å². The van der Waals surface area contributed by atoms with Crippen LogP contribution >= 0.6 is 11.6 Å². The lowest BCUT2D eigenvalue weighted by Gasteiger charge is -2.36. The van der Waals surface area contributed by atoms with Crippen molar-refractivity contribution in [3.05, 3.63) is 0 Å². The molecular formula is C22H35ClN2O5. The molecule has 3 aliphatic rings. The minimum atomic E-state index is -0.876. The van der Waals surface area contributed by atoms with Gasteiger partial charge in [0.1, 0.15) is 0 Å². The average molecular weight is 443 g/mol. The number of aliphatic carboxylic acids is 1. The fraction of sp³-hybridized carbons (Fsp3) is 0.864. The number of rotatable bonds is 8. The molecule has 8 heteroatoms. The van der Waals surface area contributed by atoms with Crippen LogP contribution in [0.5, 0.6) is 0 Å². The zero-order valence-electron chi connectivity index (χ0n) is 18.1. The third-order valence-corrected chi connectivity index (χ3v) is 7.58. The van der Waals surface area contributed by atoms with E-state index in [1.807, 2.05) is 0 Å². The maximum absolute atomic E-state index is 13.0. The summed E-state index contributed by atoms with van der Waals surface area (Å²) in [5.41, 5.74) is 1.07. The molecule has 30 heavy (non-hydrogen) atoms. The molecule has 2 aliphatic carbocycles. The molecule has 6 unspecified atom stereocenters. The largest absolute Gasteiger partial charge is 0.481 e. The molecule has 1 aliphatic heterocycles. The highest BCUT2D eigenvalue weighted by Crippen LogP contribution is 2.40. The maximum atomic E-state index is 13.0. The fourth-order valence-corrected chi connectivity index (χ4v) is 5.80. The topological polar surface area (TPSA) is 88.4 Å². The van der Waals surface area contributed by atoms with Gasteiger partial charge in [-0.3, -0.25) is 9.59 Å². The molecule has 0 spiro atoms. The fourth-order valence-electron chi connectivity index (χ4n) is 5.35. The minimum absolute atomic E-state index is 0.00106. The van der Waals surface area contributed by atoms with Crippen molar-refractivity contribution >= 4 is 29.2 Å². The van der Waals surface area contributed by atoms with E-state index < -0.39 is 5.97 Å². The number of hydrazone groups is 1. The predicted molar refractivity (Wildman–Crippen MR) is 115 cm³/mol. The second kappa shape index (κ2) is 10.9. The van der Waals surface area contributed by atoms with E-state index in [4.69, 9.17) is 31.3 Å². The zero-order chi connectivity index (χ0) is 21.7. The van der Waals surface area contributed by atoms with E-state index in [1.165, 1.54) is 0 Å². The van der Waals surface area contributed by atoms with E-state index in [2.05, 4.69) is 0 Å². The van der Waals surface area contributed by atoms with Gasteiger partial charge in [0, 0.05) is 50.5 Å². The first-order valence-electron chi connectivity index (χ1n) is 11.3. The number of carbonyl (C=O) groups is 2. The molecule has 3 rings (SSSR count). The van der Waals surface area contributed by atoms with Crippen LogP contribution in [0.15, 0.2) is 5.10 Å². The Morgan fingerprint density at radius 2 is 1.83 bits per heavy atom. The number of amides is 1. The summed E-state index contributed by atoms with van der Waals surface area (Å²) in [6.45, 7) is 0. The Morgan fingerprint density at radius 1 is 1.10 bits per heavy atom. The lowest BCUT2D eigenvalue weighted by molar-refractivity contribution is -0.137. The van der Waals surface area contributed by atoms with Gasteiger partial charge in [-0.05, 0) is 44.4 Å². The quantitative estimate of drug-likeness (QED) is 0.577. The Hall–Kier alpha value is -1.18. The van der Waals surface area contributed by atoms with Crippen LogP contribution in [0.25, 0.3) is 0 Å². The number of ether oxygens (including phenoxy) is 2. The number of methoxy groups -OCH3 is 2. The van der Waals surface area contributed by atoms with Gasteiger partial charge in [0.25, 0.3) is 0 Å². The number of carboxylic acid groups (broad SMARTS) is 1. The van der Waals surface area contributed by atoms with E-state index in [0.29, 0.717) is 6.42 Å². The van der Waals surface area contributed by atoms with Crippen LogP contribution in [0.2, 0.25) is 0 Å². The number of hydrogen-bond acceptors (Lipinski definition) is 5. The summed E-state index contributed by atoms with van der Waals surface area (Å²) in [7, 11) is 3.44. The van der Waals surface area contributed by atoms with Crippen molar-refractivity contribution in [1.82, 2.24) is 5.01 Å². The van der Waals surface area contributed by atoms with Crippen LogP contribution in [0.1, 0.15) is 70.6 Å². The molecule has 0 saturated heterocycles. The van der Waals surface area contributed by atoms with Crippen molar-refractivity contribution in [2.45, 2.75) is 94.3 Å². The Morgan fingerprint density at radius 3 is 2.50 bits per heavy atom. The van der Waals surface area contributed by atoms with Crippen LogP contribution < -0.4 is 0 Å². The predicted octanol–water partition coefficient (Wildman–Crippen LogP) is 3.83. The van der Waals surface area contributed by atoms with Gasteiger partial charge in [-0.25, -0.2) is 5.01 Å². The lowest BCUT2D eigenvalue weighted by atomic mass is 9.77. The standard InChI is InChI=1S/C22H35ClN2O5/c1-29-19-11-10-14(12-20(19)30-2)17-13-18(15-6-3-4-7-16(15)23)25(24-17)21(26)8-5-9-22(27)28/h14-16,18-20H,3-13H2,1-2H3,(H,27,28). The van der Waals surface area contributed by atoms with Gasteiger partial charge in [0.05, 0.1) is 18.2 Å². The Labute approximate surface area is 184 Å². The molecule has 6 atom stereocenters. The Kier molecular flexibility index (Phi) is 8.54. The number of alkyl halides is 1. The second-order valence-corrected chi connectivity index (χ2v) is 9.43. The molecule has 1 amide bonds. The number of carbonyl (C=O) groups excluding carboxylic acids is 1. The van der Waals surface area contributed by atoms with E-state index in [0.717, 1.165) is 57.1 Å². The molecule has 170 valence electrons. The summed E-state index contributed by atoms with van der Waals surface area (Å²) in [4.78, 5) is 23.8. The molecule has 0 aromatic carbocycles. The first kappa shape index (κ1) is 23.5. The molecule has 0 bridgehead atoms. The van der Waals surface area contributed by atoms with Crippen LogP contribution in [0.4, 0.5) is 0 Å². The third-order valence-electron chi connectivity index (χ3n) is 7.04. The second-order valence-electron chi connectivity index (χ2n) is 8.87. The molecule has 7 nitrogen and oxygen atoms in total. The molecule has 0 aromatic heterocycles. The van der Waals surface area contributed by atoms with E-state index >= 15 is 0 Å². The van der Waals surface area contributed by atoms with Crippen LogP contribution in [-0.2, 0) is 19.1 Å². The van der Waals surface area contributed by atoms with Crippen molar-refractivity contribution < 1.29 is 24.2 Å². The zero-order valence-corrected chi connectivity index (χ0v) is 18.9. The third kappa shape index (κ3) is 5.54. The molecule has 1 heterocycles. The van der Waals surface area contributed by atoms with E-state index in [1.54, 1.807) is 19.2 Å². The van der Waals surface area contributed by atoms with Gasteiger partial charge in [-0.15, -0.1) is 11.6 Å². The highest BCUT2D eigenvalue weighted by molar-refractivity contribution is 6.20. The summed E-state index contributed by atoms with van der Waals surface area (Å²) in [5, 5.41) is 15.4. The summed E-state index contributed by atoms with van der Waals surface area (Å²) >= 11 is 6.69. The number of hydrogen-bond donors (Lipinski definition) is 1. The summed E-state index contributed by atoms with van der Waals surface area (Å²) < 4.78 is 11.2. The maximum Gasteiger partial charge on any atom is 0.303 e. The van der Waals surface area contributed by atoms with Gasteiger partial charge in [0.15, 0.2) is 0 Å². The molecule has 2 fully saturated rings. The Bertz CT molecular complexity index is 643. The number of halogens is 1. The van der Waals surface area contributed by atoms with Gasteiger partial charge >= 0.3 is 5.97 Å². The highest BCUT2D eigenvalue weighted by atomic mass is 35.5. The lowest BCUT2D eigenvalue weighted by Crippen LogP contribution is -2.43. The van der Waals surface area contributed by atoms with Crippen molar-refractivity contribution in [2.75, 3.05) is 14.2 Å². The summed E-state index contributed by atoms with van der Waals surface area (Å²) in [5.74, 6) is -0.449. The average Bonchev–Trinajstić information content (AvgIpc) is 3.18. The monoisotopic (exact) mass is 442 g/mol. The molecule has 0 aromatic rings. The molecule has 1 N–H and O–H groups in total. The van der Waals surface area contributed by atoms with Crippen LogP contribution in [0.3, 0.4) is 0 Å². The Balaban J connectivity index is 1.73. The molecule has 0 radical (unpaired) electrons. The first-order valence-corrected chi connectivity index (χ1v) is 11.7. The number of carboxylic acids is 1. The SMILES string of the molecule is COC1CCC(C2=NN(C(=O)CCCC(=O)O)C(C3CCCCC3Cl)C2)CC1OC. The van der Waals surface area contributed by atoms with Crippen LogP contribution in [-0.4, -0.2) is 65.6 Å². The van der Waals surface area contributed by atoms with Gasteiger partial charge < -0.3 is 14.6 Å². The van der Waals surface area contributed by atoms with Crippen molar-refractivity contribution in [2.24, 2.45) is 16.9 Å². The normalized spacial score (nSPS) is 34.6. The van der Waals surface area contributed by atoms with Gasteiger partial charge in [0.2, 0.25) is 5.91 Å². The molecular weight excluding hydrogens is 408 g/mol. The van der Waals surface area contributed by atoms with Gasteiger partial charge in [-0.1, -0.05) is 12.8 Å². The van der Waals surface area contributed by atoms with Crippen LogP contribution in [0, 0.1) is 11.8 Å². The summed E-state index contributed by atoms with van der Waals surface area (Å²) in [6.07, 6.45) is 8.41. The smallest absolute Gasteiger partial charge is 0.303 e. The highest BCUT2D eigenvalue weighted by Gasteiger charge is 2.43. The first-order chi connectivity index (χ1) is 14.4. The minimum Gasteiger partial charge on any atom is -0.481 e.